The summed E-state index contributed by atoms with van der Waals surface area (Å²) in [5.74, 6) is 0. The van der Waals surface area contributed by atoms with Crippen molar-refractivity contribution < 1.29 is 5.11 Å². The number of hydrogen-bond donors (Lipinski definition) is 0. The molecule has 1 radical (unpaired) electrons. The van der Waals surface area contributed by atoms with Crippen LogP contribution in [0.1, 0.15) is 30.6 Å². The van der Waals surface area contributed by atoms with E-state index in [4.69, 9.17) is 81.2 Å². The molecule has 0 aliphatic carbocycles. The molecule has 0 N–H and O–H groups in total. The lowest BCUT2D eigenvalue weighted by atomic mass is 10.0. The first kappa shape index (κ1) is 19.3. The zero-order valence-corrected chi connectivity index (χ0v) is 15.4. The summed E-state index contributed by atoms with van der Waals surface area (Å²) in [6.45, 7) is 1.77. The van der Waals surface area contributed by atoms with Crippen LogP contribution in [0.3, 0.4) is 0 Å². The van der Waals surface area contributed by atoms with E-state index in [1.165, 1.54) is 6.07 Å². The molecule has 0 aliphatic rings. The van der Waals surface area contributed by atoms with E-state index in [9.17, 15) is 5.11 Å². The summed E-state index contributed by atoms with van der Waals surface area (Å²) in [7, 11) is 0. The maximum atomic E-state index is 11.8. The van der Waals surface area contributed by atoms with Gasteiger partial charge in [-0.15, -0.1) is 0 Å². The Morgan fingerprint density at radius 1 is 1.05 bits per heavy atom. The van der Waals surface area contributed by atoms with Crippen LogP contribution in [0.4, 0.5) is 0 Å². The monoisotopic (exact) mass is 415 g/mol. The van der Waals surface area contributed by atoms with Gasteiger partial charge in [0.1, 0.15) is 6.10 Å². The first-order valence-corrected chi connectivity index (χ1v) is 8.18. The van der Waals surface area contributed by atoms with Gasteiger partial charge in [0.2, 0.25) is 8.13 Å². The summed E-state index contributed by atoms with van der Waals surface area (Å²) >= 11 is 41.6. The molecule has 1 unspecified atom stereocenters. The Morgan fingerprint density at radius 3 is 2.05 bits per heavy atom. The second-order valence-corrected chi connectivity index (χ2v) is 9.10. The minimum absolute atomic E-state index is 0.281. The van der Waals surface area contributed by atoms with Crippen LogP contribution in [0.2, 0.25) is 0 Å². The van der Waals surface area contributed by atoms with E-state index in [0.717, 1.165) is 0 Å². The zero-order valence-electron chi connectivity index (χ0n) is 10.1. The number of benzene rings is 1. The lowest BCUT2D eigenvalue weighted by Gasteiger charge is -2.38. The Hall–Kier alpha value is 1.21. The summed E-state index contributed by atoms with van der Waals surface area (Å²) in [6.07, 6.45) is -0.495. The molecule has 1 aromatic carbocycles. The molecule has 0 fully saturated rings. The molecule has 1 nitrogen and oxygen atoms in total. The van der Waals surface area contributed by atoms with Gasteiger partial charge >= 0.3 is 0 Å². The van der Waals surface area contributed by atoms with Gasteiger partial charge in [0.25, 0.3) is 0 Å². The fourth-order valence-corrected chi connectivity index (χ4v) is 2.98. The van der Waals surface area contributed by atoms with Crippen molar-refractivity contribution in [2.45, 2.75) is 31.9 Å². The van der Waals surface area contributed by atoms with Gasteiger partial charge in [-0.25, -0.2) is 5.11 Å². The van der Waals surface area contributed by atoms with Gasteiger partial charge in [0, 0.05) is 0 Å². The summed E-state index contributed by atoms with van der Waals surface area (Å²) in [4.78, 5) is 0. The highest BCUT2D eigenvalue weighted by Crippen LogP contribution is 2.60. The van der Waals surface area contributed by atoms with Crippen molar-refractivity contribution in [1.82, 2.24) is 0 Å². The molecule has 0 saturated heterocycles. The van der Waals surface area contributed by atoms with Crippen LogP contribution in [-0.4, -0.2) is 8.13 Å². The minimum Gasteiger partial charge on any atom is -0.228 e. The second-order valence-electron chi connectivity index (χ2n) is 4.17. The Bertz CT molecular complexity index is 467. The molecule has 1 atom stereocenters. The highest BCUT2D eigenvalue weighted by molar-refractivity contribution is 6.78. The minimum atomic E-state index is -2.13. The predicted molar refractivity (Wildman–Crippen MR) is 88.3 cm³/mol. The summed E-state index contributed by atoms with van der Waals surface area (Å²) < 4.78 is -6.15. The Labute approximate surface area is 153 Å². The van der Waals surface area contributed by atoms with Crippen molar-refractivity contribution >= 4 is 81.2 Å². The normalized spacial score (nSPS) is 15.2. The van der Waals surface area contributed by atoms with E-state index in [1.807, 2.05) is 0 Å². The molecule has 1 aromatic rings. The van der Waals surface area contributed by atoms with Crippen LogP contribution >= 0.6 is 81.2 Å². The van der Waals surface area contributed by atoms with Gasteiger partial charge in [-0.2, -0.15) is 0 Å². The molecule has 20 heavy (non-hydrogen) atoms. The Kier molecular flexibility index (Phi) is 6.51. The molecule has 1 rings (SSSR count). The summed E-state index contributed by atoms with van der Waals surface area (Å²) in [5, 5.41) is 11.8. The number of alkyl halides is 7. The van der Waals surface area contributed by atoms with E-state index in [2.05, 4.69) is 0 Å². The molecule has 0 spiro atoms. The summed E-state index contributed by atoms with van der Waals surface area (Å²) in [6, 6.07) is 6.35. The quantitative estimate of drug-likeness (QED) is 0.483. The number of rotatable bonds is 4. The molecule has 0 aromatic heterocycles. The molecule has 113 valence electrons. The molecule has 0 amide bonds. The van der Waals surface area contributed by atoms with Gasteiger partial charge in [-0.3, -0.25) is 0 Å². The molecule has 0 bridgehead atoms. The van der Waals surface area contributed by atoms with Crippen molar-refractivity contribution in [3.63, 3.8) is 0 Å². The van der Waals surface area contributed by atoms with Crippen molar-refractivity contribution in [2.75, 3.05) is 0 Å². The van der Waals surface area contributed by atoms with Gasteiger partial charge in [0.05, 0.1) is 0 Å². The van der Waals surface area contributed by atoms with Gasteiger partial charge in [-0.1, -0.05) is 106 Å². The molecule has 8 heteroatoms. The third kappa shape index (κ3) is 3.75. The van der Waals surface area contributed by atoms with Crippen LogP contribution < -0.4 is 0 Å². The SMILES string of the molecule is CCC([O])c1cccc(C(Cl)(Cl)C(Cl)(Cl)C(Cl)(Cl)Cl)c1. The van der Waals surface area contributed by atoms with E-state index >= 15 is 0 Å². The fraction of sp³-hybridized carbons (Fsp3) is 0.500. The largest absolute Gasteiger partial charge is 0.228 e. The first-order chi connectivity index (χ1) is 8.95. The molecule has 0 saturated carbocycles. The van der Waals surface area contributed by atoms with Crippen LogP contribution in [0, 0.1) is 0 Å². The van der Waals surface area contributed by atoms with Crippen molar-refractivity contribution in [3.05, 3.63) is 35.4 Å². The first-order valence-electron chi connectivity index (χ1n) is 5.53. The average Bonchev–Trinajstić information content (AvgIpc) is 2.36. The van der Waals surface area contributed by atoms with Crippen LogP contribution in [-0.2, 0) is 9.44 Å². The number of halogens is 7. The van der Waals surface area contributed by atoms with Crippen LogP contribution in [0.15, 0.2) is 24.3 Å². The highest BCUT2D eigenvalue weighted by Gasteiger charge is 2.60. The smallest absolute Gasteiger partial charge is 0.226 e. The Morgan fingerprint density at radius 2 is 1.60 bits per heavy atom. The Balaban J connectivity index is 3.29. The zero-order chi connectivity index (χ0) is 15.8. The standard InChI is InChI=1S/C12H10Cl7O/c1-2-9(20)7-4-3-5-8(6-7)10(13,14)11(15,16)12(17,18)19/h3-6,9H,2H2,1H3. The third-order valence-electron chi connectivity index (χ3n) is 2.74. The van der Waals surface area contributed by atoms with Crippen molar-refractivity contribution in [1.29, 1.82) is 0 Å². The van der Waals surface area contributed by atoms with Gasteiger partial charge < -0.3 is 0 Å². The van der Waals surface area contributed by atoms with Crippen LogP contribution in [0.5, 0.6) is 0 Å². The van der Waals surface area contributed by atoms with Gasteiger partial charge in [-0.05, 0) is 23.6 Å². The maximum absolute atomic E-state index is 11.8. The summed E-state index contributed by atoms with van der Waals surface area (Å²) in [5.41, 5.74) is 0.785. The second kappa shape index (κ2) is 6.76. The fourth-order valence-electron chi connectivity index (χ4n) is 1.53. The predicted octanol–water partition coefficient (Wildman–Crippen LogP) is 6.74. The average molecular weight is 418 g/mol. The molecular weight excluding hydrogens is 408 g/mol. The molecule has 0 aliphatic heterocycles. The number of hydrogen-bond acceptors (Lipinski definition) is 0. The van der Waals surface area contributed by atoms with Crippen molar-refractivity contribution in [3.8, 4) is 0 Å². The highest BCUT2D eigenvalue weighted by atomic mass is 35.6. The third-order valence-corrected chi connectivity index (χ3v) is 6.70. The van der Waals surface area contributed by atoms with E-state index in [1.54, 1.807) is 25.1 Å². The van der Waals surface area contributed by atoms with E-state index in [-0.39, 0.29) is 5.56 Å². The van der Waals surface area contributed by atoms with Crippen LogP contribution in [0.25, 0.3) is 0 Å². The molecule has 0 heterocycles. The lowest BCUT2D eigenvalue weighted by molar-refractivity contribution is 0.0856. The van der Waals surface area contributed by atoms with E-state index in [0.29, 0.717) is 12.0 Å². The van der Waals surface area contributed by atoms with Crippen molar-refractivity contribution in [2.24, 2.45) is 0 Å². The van der Waals surface area contributed by atoms with E-state index < -0.39 is 18.6 Å². The topological polar surface area (TPSA) is 19.9 Å². The van der Waals surface area contributed by atoms with Gasteiger partial charge in [0.15, 0.2) is 4.33 Å². The maximum Gasteiger partial charge on any atom is 0.226 e. The lowest BCUT2D eigenvalue weighted by Crippen LogP contribution is -2.45. The molecular formula is C12H10Cl7O.